The molecule has 138 valence electrons. The van der Waals surface area contributed by atoms with Gasteiger partial charge >= 0.3 is 0 Å². The predicted molar refractivity (Wildman–Crippen MR) is 97.9 cm³/mol. The molecule has 0 spiro atoms. The second-order valence-electron chi connectivity index (χ2n) is 6.87. The van der Waals surface area contributed by atoms with Crippen LogP contribution in [-0.4, -0.2) is 48.3 Å². The third-order valence-corrected chi connectivity index (χ3v) is 5.07. The van der Waals surface area contributed by atoms with Crippen LogP contribution in [0.1, 0.15) is 36.4 Å². The Hall–Kier alpha value is -2.34. The van der Waals surface area contributed by atoms with Crippen LogP contribution in [0.25, 0.3) is 0 Å². The molecule has 0 radical (unpaired) electrons. The molecule has 2 aromatic rings. The number of piperidine rings is 1. The summed E-state index contributed by atoms with van der Waals surface area (Å²) in [5, 5.41) is 0. The molecule has 3 heterocycles. The molecule has 0 bridgehead atoms. The van der Waals surface area contributed by atoms with E-state index in [1.165, 1.54) is 12.8 Å². The summed E-state index contributed by atoms with van der Waals surface area (Å²) >= 11 is 0. The maximum atomic E-state index is 5.85. The molecule has 1 fully saturated rings. The fourth-order valence-electron chi connectivity index (χ4n) is 3.77. The molecule has 1 aromatic carbocycles. The molecule has 0 unspecified atom stereocenters. The van der Waals surface area contributed by atoms with Gasteiger partial charge in [0.1, 0.15) is 12.1 Å². The third kappa shape index (κ3) is 3.75. The van der Waals surface area contributed by atoms with E-state index in [0.717, 1.165) is 54.6 Å². The van der Waals surface area contributed by atoms with E-state index in [1.807, 2.05) is 18.3 Å². The van der Waals surface area contributed by atoms with Gasteiger partial charge in [0.05, 0.1) is 20.3 Å². The molecule has 0 saturated carbocycles. The van der Waals surface area contributed by atoms with Gasteiger partial charge in [0, 0.05) is 48.9 Å². The zero-order chi connectivity index (χ0) is 17.8. The van der Waals surface area contributed by atoms with E-state index in [-0.39, 0.29) is 0 Å². The first kappa shape index (κ1) is 17.1. The average molecular weight is 355 g/mol. The van der Waals surface area contributed by atoms with Crippen LogP contribution < -0.4 is 14.2 Å². The van der Waals surface area contributed by atoms with E-state index in [9.17, 15) is 0 Å². The SMILES string of the molecule is COc1cc2c(cc1CN1CCC[C@@H](c3ccncn3)C1)OCCCO2. The summed E-state index contributed by atoms with van der Waals surface area (Å²) in [5.74, 6) is 2.92. The number of hydrogen-bond acceptors (Lipinski definition) is 6. The minimum atomic E-state index is 0.457. The number of likely N-dealkylation sites (tertiary alicyclic amines) is 1. The van der Waals surface area contributed by atoms with E-state index in [1.54, 1.807) is 13.4 Å². The van der Waals surface area contributed by atoms with Gasteiger partial charge in [0.2, 0.25) is 0 Å². The highest BCUT2D eigenvalue weighted by Gasteiger charge is 2.24. The van der Waals surface area contributed by atoms with Gasteiger partial charge < -0.3 is 14.2 Å². The van der Waals surface area contributed by atoms with Crippen LogP contribution in [0.5, 0.6) is 17.2 Å². The first-order valence-corrected chi connectivity index (χ1v) is 9.28. The number of aromatic nitrogens is 2. The number of fused-ring (bicyclic) bond motifs is 1. The lowest BCUT2D eigenvalue weighted by atomic mass is 9.94. The lowest BCUT2D eigenvalue weighted by Crippen LogP contribution is -2.34. The largest absolute Gasteiger partial charge is 0.496 e. The molecule has 26 heavy (non-hydrogen) atoms. The lowest BCUT2D eigenvalue weighted by molar-refractivity contribution is 0.196. The molecular formula is C20H25N3O3. The number of nitrogens with zero attached hydrogens (tertiary/aromatic N) is 3. The van der Waals surface area contributed by atoms with E-state index in [2.05, 4.69) is 20.9 Å². The molecule has 6 nitrogen and oxygen atoms in total. The van der Waals surface area contributed by atoms with Crippen LogP contribution in [0, 0.1) is 0 Å². The van der Waals surface area contributed by atoms with E-state index < -0.39 is 0 Å². The number of rotatable bonds is 4. The average Bonchev–Trinajstić information content (AvgIpc) is 2.93. The van der Waals surface area contributed by atoms with E-state index in [4.69, 9.17) is 14.2 Å². The first-order chi connectivity index (χ1) is 12.8. The summed E-state index contributed by atoms with van der Waals surface area (Å²) in [6.07, 6.45) is 6.71. The Labute approximate surface area is 154 Å². The molecule has 6 heteroatoms. The second kappa shape index (κ2) is 7.91. The Balaban J connectivity index is 1.52. The van der Waals surface area contributed by atoms with Gasteiger partial charge in [-0.15, -0.1) is 0 Å². The molecule has 0 aliphatic carbocycles. The quantitative estimate of drug-likeness (QED) is 0.840. The van der Waals surface area contributed by atoms with Gasteiger partial charge in [-0.25, -0.2) is 9.97 Å². The molecular weight excluding hydrogens is 330 g/mol. The molecule has 1 saturated heterocycles. The van der Waals surface area contributed by atoms with Crippen LogP contribution in [0.3, 0.4) is 0 Å². The number of methoxy groups -OCH3 is 1. The molecule has 4 rings (SSSR count). The molecule has 1 aromatic heterocycles. The first-order valence-electron chi connectivity index (χ1n) is 9.28. The Morgan fingerprint density at radius 1 is 1.19 bits per heavy atom. The Morgan fingerprint density at radius 3 is 2.81 bits per heavy atom. The van der Waals surface area contributed by atoms with Crippen molar-refractivity contribution in [2.75, 3.05) is 33.4 Å². The Bertz CT molecular complexity index is 739. The molecule has 0 amide bonds. The Kier molecular flexibility index (Phi) is 5.20. The van der Waals surface area contributed by atoms with Crippen molar-refractivity contribution in [3.8, 4) is 17.2 Å². The number of hydrogen-bond donors (Lipinski definition) is 0. The smallest absolute Gasteiger partial charge is 0.164 e. The van der Waals surface area contributed by atoms with E-state index in [0.29, 0.717) is 19.1 Å². The van der Waals surface area contributed by atoms with Crippen molar-refractivity contribution < 1.29 is 14.2 Å². The monoisotopic (exact) mass is 355 g/mol. The number of ether oxygens (including phenoxy) is 3. The van der Waals surface area contributed by atoms with Crippen molar-refractivity contribution >= 4 is 0 Å². The summed E-state index contributed by atoms with van der Waals surface area (Å²) in [7, 11) is 1.71. The maximum absolute atomic E-state index is 5.85. The van der Waals surface area contributed by atoms with Crippen LogP contribution >= 0.6 is 0 Å². The van der Waals surface area contributed by atoms with Gasteiger partial charge in [0.25, 0.3) is 0 Å². The van der Waals surface area contributed by atoms with Crippen molar-refractivity contribution in [1.29, 1.82) is 0 Å². The fraction of sp³-hybridized carbons (Fsp3) is 0.500. The summed E-state index contributed by atoms with van der Waals surface area (Å²) < 4.78 is 17.3. The van der Waals surface area contributed by atoms with Crippen LogP contribution in [0.15, 0.2) is 30.7 Å². The van der Waals surface area contributed by atoms with Crippen LogP contribution in [0.4, 0.5) is 0 Å². The highest BCUT2D eigenvalue weighted by Crippen LogP contribution is 2.37. The third-order valence-electron chi connectivity index (χ3n) is 5.07. The normalized spacial score (nSPS) is 20.4. The summed E-state index contributed by atoms with van der Waals surface area (Å²) in [4.78, 5) is 10.9. The van der Waals surface area contributed by atoms with Gasteiger partial charge in [-0.3, -0.25) is 4.90 Å². The molecule has 2 aliphatic heterocycles. The maximum Gasteiger partial charge on any atom is 0.164 e. The lowest BCUT2D eigenvalue weighted by Gasteiger charge is -2.32. The molecule has 2 aliphatic rings. The summed E-state index contributed by atoms with van der Waals surface area (Å²) in [6, 6.07) is 6.07. The second-order valence-corrected chi connectivity index (χ2v) is 6.87. The highest BCUT2D eigenvalue weighted by molar-refractivity contribution is 5.51. The van der Waals surface area contributed by atoms with Gasteiger partial charge in [-0.05, 0) is 31.5 Å². The number of benzene rings is 1. The summed E-state index contributed by atoms with van der Waals surface area (Å²) in [6.45, 7) is 4.29. The van der Waals surface area contributed by atoms with Gasteiger partial charge in [-0.1, -0.05) is 0 Å². The van der Waals surface area contributed by atoms with Crippen molar-refractivity contribution in [3.05, 3.63) is 42.0 Å². The fourth-order valence-corrected chi connectivity index (χ4v) is 3.77. The topological polar surface area (TPSA) is 56.7 Å². The van der Waals surface area contributed by atoms with Crippen molar-refractivity contribution in [2.45, 2.75) is 31.7 Å². The summed E-state index contributed by atoms with van der Waals surface area (Å²) in [5.41, 5.74) is 2.27. The molecule has 1 atom stereocenters. The van der Waals surface area contributed by atoms with Gasteiger partial charge in [0.15, 0.2) is 11.5 Å². The van der Waals surface area contributed by atoms with Crippen molar-refractivity contribution in [1.82, 2.24) is 14.9 Å². The van der Waals surface area contributed by atoms with Crippen molar-refractivity contribution in [3.63, 3.8) is 0 Å². The zero-order valence-corrected chi connectivity index (χ0v) is 15.2. The minimum absolute atomic E-state index is 0.457. The predicted octanol–water partition coefficient (Wildman–Crippen LogP) is 3.03. The highest BCUT2D eigenvalue weighted by atomic mass is 16.5. The standard InChI is InChI=1S/C20H25N3O3/c1-24-18-11-20-19(25-8-3-9-26-20)10-16(18)13-23-7-2-4-15(12-23)17-5-6-21-14-22-17/h5-6,10-11,14-15H,2-4,7-9,12-13H2,1H3/t15-/m1/s1. The van der Waals surface area contributed by atoms with Gasteiger partial charge in [-0.2, -0.15) is 0 Å². The zero-order valence-electron chi connectivity index (χ0n) is 15.2. The van der Waals surface area contributed by atoms with E-state index >= 15 is 0 Å². The Morgan fingerprint density at radius 2 is 2.04 bits per heavy atom. The minimum Gasteiger partial charge on any atom is -0.496 e. The van der Waals surface area contributed by atoms with Crippen LogP contribution in [-0.2, 0) is 6.54 Å². The molecule has 0 N–H and O–H groups in total. The van der Waals surface area contributed by atoms with Crippen LogP contribution in [0.2, 0.25) is 0 Å². The van der Waals surface area contributed by atoms with Crippen molar-refractivity contribution in [2.24, 2.45) is 0 Å².